The summed E-state index contributed by atoms with van der Waals surface area (Å²) < 4.78 is 0. The molecule has 101 valence electrons. The van der Waals surface area contributed by atoms with Crippen molar-refractivity contribution in [2.24, 2.45) is 5.92 Å². The van der Waals surface area contributed by atoms with Crippen LogP contribution >= 0.6 is 0 Å². The number of aryl methyl sites for hydroxylation is 2. The summed E-state index contributed by atoms with van der Waals surface area (Å²) >= 11 is 0. The number of fused-ring (bicyclic) bond motifs is 2. The van der Waals surface area contributed by atoms with Gasteiger partial charge in [-0.05, 0) is 19.3 Å². The quantitative estimate of drug-likeness (QED) is 0.668. The number of rotatable bonds is 2. The standard InChI is InChI=1S/C16H19.2CH3.Zr/c1-11(2)8-14-6-7-15-9-12-4-3-5-13(12)10-16(14)15;;;/h6-7,9-11H,3-5,8H2,1-2H3;2*1H3;/q3*-1;+3. The molecule has 2 aromatic carbocycles. The molecule has 0 N–H and O–H groups in total. The van der Waals surface area contributed by atoms with E-state index in [4.69, 9.17) is 0 Å². The van der Waals surface area contributed by atoms with Gasteiger partial charge in [-0.1, -0.05) is 37.3 Å². The molecule has 1 heteroatoms. The van der Waals surface area contributed by atoms with E-state index in [1.807, 2.05) is 0 Å². The van der Waals surface area contributed by atoms with Gasteiger partial charge in [-0.2, -0.15) is 6.07 Å². The molecule has 0 aliphatic heterocycles. The van der Waals surface area contributed by atoms with Crippen molar-refractivity contribution in [3.05, 3.63) is 55.8 Å². The van der Waals surface area contributed by atoms with Crippen LogP contribution in [0.15, 0.2) is 24.3 Å². The molecule has 0 amide bonds. The first kappa shape index (κ1) is 18.7. The Balaban J connectivity index is 0.00000108. The third-order valence-electron chi connectivity index (χ3n) is 3.70. The first-order valence-corrected chi connectivity index (χ1v) is 6.44. The zero-order chi connectivity index (χ0) is 11.1. The first-order valence-electron chi connectivity index (χ1n) is 6.44. The molecule has 0 aromatic heterocycles. The van der Waals surface area contributed by atoms with E-state index in [2.05, 4.69) is 38.1 Å². The predicted octanol–water partition coefficient (Wildman–Crippen LogP) is 5.14. The molecular formula is C18H25Zr. The van der Waals surface area contributed by atoms with Crippen LogP contribution in [0.2, 0.25) is 0 Å². The summed E-state index contributed by atoms with van der Waals surface area (Å²) in [5, 5.41) is 2.96. The second-order valence-electron chi connectivity index (χ2n) is 5.52. The normalized spacial score (nSPS) is 12.6. The Morgan fingerprint density at radius 1 is 1.11 bits per heavy atom. The maximum Gasteiger partial charge on any atom is 3.00 e. The minimum atomic E-state index is 0. The van der Waals surface area contributed by atoms with Gasteiger partial charge in [0, 0.05) is 0 Å². The molecule has 2 aromatic rings. The molecule has 0 saturated carbocycles. The van der Waals surface area contributed by atoms with Crippen molar-refractivity contribution in [2.75, 3.05) is 0 Å². The van der Waals surface area contributed by atoms with E-state index in [1.165, 1.54) is 36.5 Å². The van der Waals surface area contributed by atoms with Gasteiger partial charge in [-0.25, -0.2) is 0 Å². The third-order valence-corrected chi connectivity index (χ3v) is 3.70. The van der Waals surface area contributed by atoms with E-state index in [1.54, 1.807) is 16.7 Å². The summed E-state index contributed by atoms with van der Waals surface area (Å²) in [5.74, 6) is 0.749. The van der Waals surface area contributed by atoms with Crippen molar-refractivity contribution in [3.8, 4) is 0 Å². The molecule has 3 rings (SSSR count). The fraction of sp³-hybridized carbons (Fsp3) is 0.389. The van der Waals surface area contributed by atoms with E-state index in [0.29, 0.717) is 0 Å². The molecule has 0 saturated heterocycles. The van der Waals surface area contributed by atoms with Gasteiger partial charge >= 0.3 is 26.2 Å². The van der Waals surface area contributed by atoms with E-state index in [9.17, 15) is 0 Å². The Morgan fingerprint density at radius 2 is 1.74 bits per heavy atom. The maximum atomic E-state index is 2.45. The Bertz CT molecular complexity index is 520. The van der Waals surface area contributed by atoms with Crippen LogP contribution in [0.4, 0.5) is 0 Å². The number of hydrogen-bond donors (Lipinski definition) is 0. The van der Waals surface area contributed by atoms with Crippen LogP contribution in [0.3, 0.4) is 0 Å². The van der Waals surface area contributed by atoms with Crippen LogP contribution in [0.1, 0.15) is 37.0 Å². The van der Waals surface area contributed by atoms with E-state index in [-0.39, 0.29) is 41.1 Å². The molecular weight excluding hydrogens is 307 g/mol. The van der Waals surface area contributed by atoms with Crippen LogP contribution in [0, 0.1) is 20.8 Å². The van der Waals surface area contributed by atoms with Crippen molar-refractivity contribution < 1.29 is 26.2 Å². The molecule has 0 fully saturated rings. The monoisotopic (exact) mass is 331 g/mol. The van der Waals surface area contributed by atoms with Gasteiger partial charge in [0.1, 0.15) is 0 Å². The summed E-state index contributed by atoms with van der Waals surface area (Å²) in [6.07, 6.45) is 5.14. The summed E-state index contributed by atoms with van der Waals surface area (Å²) in [4.78, 5) is 0. The van der Waals surface area contributed by atoms with E-state index in [0.717, 1.165) is 5.92 Å². The number of hydrogen-bond acceptors (Lipinski definition) is 0. The second kappa shape index (κ2) is 7.48. The van der Waals surface area contributed by atoms with Crippen LogP contribution in [-0.4, -0.2) is 0 Å². The minimum Gasteiger partial charge on any atom is -0.358 e. The molecule has 0 nitrogen and oxygen atoms in total. The van der Waals surface area contributed by atoms with Crippen molar-refractivity contribution in [1.29, 1.82) is 0 Å². The molecule has 1 radical (unpaired) electrons. The van der Waals surface area contributed by atoms with Gasteiger partial charge in [-0.3, -0.25) is 0 Å². The molecule has 1 aliphatic rings. The number of benzene rings is 1. The molecule has 0 spiro atoms. The van der Waals surface area contributed by atoms with Gasteiger partial charge in [0.15, 0.2) is 0 Å². The summed E-state index contributed by atoms with van der Waals surface area (Å²) in [7, 11) is 0. The van der Waals surface area contributed by atoms with E-state index < -0.39 is 0 Å². The Morgan fingerprint density at radius 3 is 2.37 bits per heavy atom. The predicted molar refractivity (Wildman–Crippen MR) is 82.9 cm³/mol. The Hall–Kier alpha value is -0.287. The zero-order valence-electron chi connectivity index (χ0n) is 12.7. The van der Waals surface area contributed by atoms with Crippen molar-refractivity contribution >= 4 is 10.8 Å². The zero-order valence-corrected chi connectivity index (χ0v) is 15.2. The fourth-order valence-electron chi connectivity index (χ4n) is 2.96. The molecule has 0 atom stereocenters. The molecule has 0 bridgehead atoms. The third kappa shape index (κ3) is 3.63. The summed E-state index contributed by atoms with van der Waals surface area (Å²) in [5.41, 5.74) is 4.73. The van der Waals surface area contributed by atoms with Crippen molar-refractivity contribution in [1.82, 2.24) is 0 Å². The Kier molecular flexibility index (Phi) is 7.37. The minimum absolute atomic E-state index is 0. The average Bonchev–Trinajstić information content (AvgIpc) is 2.81. The van der Waals surface area contributed by atoms with Gasteiger partial charge in [0.2, 0.25) is 0 Å². The molecule has 1 aliphatic carbocycles. The van der Waals surface area contributed by atoms with Crippen LogP contribution in [0.5, 0.6) is 0 Å². The summed E-state index contributed by atoms with van der Waals surface area (Å²) in [6, 6.07) is 9.49. The molecule has 0 unspecified atom stereocenters. The topological polar surface area (TPSA) is 0 Å². The second-order valence-corrected chi connectivity index (χ2v) is 5.52. The SMILES string of the molecule is CC(C)C[c-]1ccc2cc3c(cc21)CCC3.[CH3-].[CH3-].[Zr+3]. The van der Waals surface area contributed by atoms with Crippen LogP contribution < -0.4 is 0 Å². The first-order chi connectivity index (χ1) is 7.74. The van der Waals surface area contributed by atoms with Gasteiger partial charge in [-0.15, -0.1) is 34.5 Å². The maximum absolute atomic E-state index is 2.45. The van der Waals surface area contributed by atoms with Crippen molar-refractivity contribution in [3.63, 3.8) is 0 Å². The molecule has 0 heterocycles. The van der Waals surface area contributed by atoms with Gasteiger partial charge < -0.3 is 14.9 Å². The van der Waals surface area contributed by atoms with Crippen LogP contribution in [0.25, 0.3) is 10.8 Å². The van der Waals surface area contributed by atoms with Gasteiger partial charge in [0.25, 0.3) is 0 Å². The van der Waals surface area contributed by atoms with Crippen LogP contribution in [-0.2, 0) is 45.5 Å². The largest absolute Gasteiger partial charge is 3.00 e. The van der Waals surface area contributed by atoms with Crippen molar-refractivity contribution in [2.45, 2.75) is 39.5 Å². The average molecular weight is 333 g/mol. The van der Waals surface area contributed by atoms with E-state index >= 15 is 0 Å². The summed E-state index contributed by atoms with van der Waals surface area (Å²) in [6.45, 7) is 4.60. The van der Waals surface area contributed by atoms with Gasteiger partial charge in [0.05, 0.1) is 0 Å². The fourth-order valence-corrected chi connectivity index (χ4v) is 2.96. The smallest absolute Gasteiger partial charge is 0.358 e. The molecule has 19 heavy (non-hydrogen) atoms. The Labute approximate surface area is 138 Å².